The maximum Gasteiger partial charge on any atom is 0.119 e. The monoisotopic (exact) mass is 278 g/mol. The summed E-state index contributed by atoms with van der Waals surface area (Å²) in [5.74, 6) is 2.27. The normalized spacial score (nSPS) is 18.8. The predicted octanol–water partition coefficient (Wildman–Crippen LogP) is 2.13. The lowest BCUT2D eigenvalue weighted by Gasteiger charge is -2.33. The zero-order valence-electron chi connectivity index (χ0n) is 12.5. The zero-order valence-corrected chi connectivity index (χ0v) is 12.5. The second kappa shape index (κ2) is 7.50. The predicted molar refractivity (Wildman–Crippen MR) is 81.3 cm³/mol. The molecule has 1 aliphatic rings. The lowest BCUT2D eigenvalue weighted by Crippen LogP contribution is -2.43. The number of benzene rings is 1. The molecular formula is C16H26N2O2. The minimum atomic E-state index is 0.121. The van der Waals surface area contributed by atoms with E-state index in [-0.39, 0.29) is 6.04 Å². The highest BCUT2D eigenvalue weighted by atomic mass is 16.5. The molecule has 1 heterocycles. The SMILES string of the molecule is CCN1CCC(C(N)COc2ccc(OC)cc2)CC1. The summed E-state index contributed by atoms with van der Waals surface area (Å²) < 4.78 is 10.9. The number of methoxy groups -OCH3 is 1. The van der Waals surface area contributed by atoms with Gasteiger partial charge in [-0.15, -0.1) is 0 Å². The number of hydrogen-bond donors (Lipinski definition) is 1. The molecule has 2 N–H and O–H groups in total. The van der Waals surface area contributed by atoms with E-state index in [1.54, 1.807) is 7.11 Å². The van der Waals surface area contributed by atoms with Crippen molar-refractivity contribution in [3.63, 3.8) is 0 Å². The maximum atomic E-state index is 6.27. The Morgan fingerprint density at radius 3 is 2.35 bits per heavy atom. The van der Waals surface area contributed by atoms with Crippen LogP contribution < -0.4 is 15.2 Å². The third-order valence-corrected chi connectivity index (χ3v) is 4.19. The Labute approximate surface area is 121 Å². The van der Waals surface area contributed by atoms with Crippen molar-refractivity contribution in [1.82, 2.24) is 4.90 Å². The first-order valence-corrected chi connectivity index (χ1v) is 7.47. The molecule has 1 fully saturated rings. The van der Waals surface area contributed by atoms with Crippen LogP contribution in [0.5, 0.6) is 11.5 Å². The van der Waals surface area contributed by atoms with E-state index in [0.29, 0.717) is 12.5 Å². The van der Waals surface area contributed by atoms with Gasteiger partial charge in [-0.3, -0.25) is 0 Å². The van der Waals surface area contributed by atoms with Crippen molar-refractivity contribution in [2.75, 3.05) is 33.4 Å². The second-order valence-corrected chi connectivity index (χ2v) is 5.42. The molecule has 0 aliphatic carbocycles. The number of piperidine rings is 1. The molecule has 2 rings (SSSR count). The molecule has 1 unspecified atom stereocenters. The fraction of sp³-hybridized carbons (Fsp3) is 0.625. The fourth-order valence-electron chi connectivity index (χ4n) is 2.70. The quantitative estimate of drug-likeness (QED) is 0.866. The number of hydrogen-bond acceptors (Lipinski definition) is 4. The van der Waals surface area contributed by atoms with Crippen LogP contribution >= 0.6 is 0 Å². The summed E-state index contributed by atoms with van der Waals surface area (Å²) in [7, 11) is 1.66. The molecule has 4 heteroatoms. The number of nitrogens with two attached hydrogens (primary N) is 1. The maximum absolute atomic E-state index is 6.27. The van der Waals surface area contributed by atoms with Gasteiger partial charge in [-0.2, -0.15) is 0 Å². The molecule has 0 spiro atoms. The van der Waals surface area contributed by atoms with Crippen LogP contribution in [0.4, 0.5) is 0 Å². The van der Waals surface area contributed by atoms with Gasteiger partial charge >= 0.3 is 0 Å². The van der Waals surface area contributed by atoms with Crippen molar-refractivity contribution >= 4 is 0 Å². The third-order valence-electron chi connectivity index (χ3n) is 4.19. The van der Waals surface area contributed by atoms with Gasteiger partial charge in [0.15, 0.2) is 0 Å². The molecule has 1 aliphatic heterocycles. The molecule has 1 atom stereocenters. The van der Waals surface area contributed by atoms with Gasteiger partial charge in [0, 0.05) is 6.04 Å². The first-order chi connectivity index (χ1) is 9.72. The average Bonchev–Trinajstić information content (AvgIpc) is 2.53. The van der Waals surface area contributed by atoms with Gasteiger partial charge in [0.05, 0.1) is 7.11 Å². The molecule has 1 aromatic carbocycles. The Bertz CT molecular complexity index is 386. The Hall–Kier alpha value is -1.26. The second-order valence-electron chi connectivity index (χ2n) is 5.42. The van der Waals surface area contributed by atoms with Crippen LogP contribution in [0.15, 0.2) is 24.3 Å². The highest BCUT2D eigenvalue weighted by molar-refractivity contribution is 5.31. The van der Waals surface area contributed by atoms with Crippen molar-refractivity contribution in [3.05, 3.63) is 24.3 Å². The van der Waals surface area contributed by atoms with Crippen LogP contribution in [-0.2, 0) is 0 Å². The van der Waals surface area contributed by atoms with E-state index in [1.165, 1.54) is 12.8 Å². The molecular weight excluding hydrogens is 252 g/mol. The van der Waals surface area contributed by atoms with Crippen LogP contribution in [0.2, 0.25) is 0 Å². The van der Waals surface area contributed by atoms with E-state index >= 15 is 0 Å². The fourth-order valence-corrected chi connectivity index (χ4v) is 2.70. The minimum Gasteiger partial charge on any atom is -0.497 e. The van der Waals surface area contributed by atoms with Crippen LogP contribution in [0.1, 0.15) is 19.8 Å². The van der Waals surface area contributed by atoms with Gasteiger partial charge < -0.3 is 20.1 Å². The summed E-state index contributed by atoms with van der Waals surface area (Å²) in [5.41, 5.74) is 6.27. The summed E-state index contributed by atoms with van der Waals surface area (Å²) in [6, 6.07) is 7.77. The Morgan fingerprint density at radius 2 is 1.80 bits per heavy atom. The molecule has 0 aromatic heterocycles. The number of ether oxygens (including phenoxy) is 2. The smallest absolute Gasteiger partial charge is 0.119 e. The molecule has 1 aromatic rings. The topological polar surface area (TPSA) is 47.7 Å². The van der Waals surface area contributed by atoms with E-state index in [0.717, 1.165) is 31.1 Å². The van der Waals surface area contributed by atoms with E-state index in [1.807, 2.05) is 24.3 Å². The van der Waals surface area contributed by atoms with Gasteiger partial charge in [-0.1, -0.05) is 6.92 Å². The number of likely N-dealkylation sites (tertiary alicyclic amines) is 1. The molecule has 112 valence electrons. The lowest BCUT2D eigenvalue weighted by molar-refractivity contribution is 0.152. The van der Waals surface area contributed by atoms with Crippen molar-refractivity contribution in [3.8, 4) is 11.5 Å². The molecule has 1 saturated heterocycles. The molecule has 0 radical (unpaired) electrons. The van der Waals surface area contributed by atoms with Crippen molar-refractivity contribution in [1.29, 1.82) is 0 Å². The van der Waals surface area contributed by atoms with Gasteiger partial charge in [0.1, 0.15) is 18.1 Å². The molecule has 4 nitrogen and oxygen atoms in total. The molecule has 0 saturated carbocycles. The summed E-state index contributed by atoms with van der Waals surface area (Å²) in [6.45, 7) is 6.27. The van der Waals surface area contributed by atoms with E-state index < -0.39 is 0 Å². The van der Waals surface area contributed by atoms with Crippen LogP contribution in [0.25, 0.3) is 0 Å². The lowest BCUT2D eigenvalue weighted by atomic mass is 9.90. The van der Waals surface area contributed by atoms with E-state index in [9.17, 15) is 0 Å². The Morgan fingerprint density at radius 1 is 1.20 bits per heavy atom. The molecule has 20 heavy (non-hydrogen) atoms. The third kappa shape index (κ3) is 4.12. The van der Waals surface area contributed by atoms with Gasteiger partial charge in [-0.25, -0.2) is 0 Å². The first-order valence-electron chi connectivity index (χ1n) is 7.47. The Balaban J connectivity index is 1.75. The Kier molecular flexibility index (Phi) is 5.68. The molecule has 0 bridgehead atoms. The van der Waals surface area contributed by atoms with Crippen LogP contribution in [-0.4, -0.2) is 44.3 Å². The van der Waals surface area contributed by atoms with Gasteiger partial charge in [-0.05, 0) is 62.7 Å². The van der Waals surface area contributed by atoms with Crippen molar-refractivity contribution < 1.29 is 9.47 Å². The number of nitrogens with zero attached hydrogens (tertiary/aromatic N) is 1. The summed E-state index contributed by atoms with van der Waals surface area (Å²) >= 11 is 0. The zero-order chi connectivity index (χ0) is 14.4. The average molecular weight is 278 g/mol. The van der Waals surface area contributed by atoms with Crippen molar-refractivity contribution in [2.45, 2.75) is 25.8 Å². The summed E-state index contributed by atoms with van der Waals surface area (Å²) in [4.78, 5) is 2.48. The van der Waals surface area contributed by atoms with Crippen LogP contribution in [0, 0.1) is 5.92 Å². The standard InChI is InChI=1S/C16H26N2O2/c1-3-18-10-8-13(9-11-18)16(17)12-20-15-6-4-14(19-2)5-7-15/h4-7,13,16H,3,8-12,17H2,1-2H3. The van der Waals surface area contributed by atoms with Crippen molar-refractivity contribution in [2.24, 2.45) is 11.7 Å². The van der Waals surface area contributed by atoms with Gasteiger partial charge in [0.2, 0.25) is 0 Å². The highest BCUT2D eigenvalue weighted by Gasteiger charge is 2.23. The van der Waals surface area contributed by atoms with E-state index in [2.05, 4.69) is 11.8 Å². The summed E-state index contributed by atoms with van der Waals surface area (Å²) in [5, 5.41) is 0. The first kappa shape index (κ1) is 15.1. The molecule has 0 amide bonds. The number of rotatable bonds is 6. The van der Waals surface area contributed by atoms with Gasteiger partial charge in [0.25, 0.3) is 0 Å². The van der Waals surface area contributed by atoms with Crippen LogP contribution in [0.3, 0.4) is 0 Å². The largest absolute Gasteiger partial charge is 0.497 e. The van der Waals surface area contributed by atoms with E-state index in [4.69, 9.17) is 15.2 Å². The summed E-state index contributed by atoms with van der Waals surface area (Å²) in [6.07, 6.45) is 2.36. The minimum absolute atomic E-state index is 0.121. The highest BCUT2D eigenvalue weighted by Crippen LogP contribution is 2.21.